The van der Waals surface area contributed by atoms with Gasteiger partial charge in [0.05, 0.1) is 9.82 Å². The molecule has 0 aliphatic carbocycles. The number of hydrogen-bond acceptors (Lipinski definition) is 6. The minimum absolute atomic E-state index is 0.108. The minimum Gasteiger partial charge on any atom is -0.314 e. The summed E-state index contributed by atoms with van der Waals surface area (Å²) in [7, 11) is -3.57. The number of nitrogens with one attached hydrogen (secondary N) is 1. The Morgan fingerprint density at radius 1 is 1.09 bits per heavy atom. The Morgan fingerprint density at radius 2 is 1.68 bits per heavy atom. The van der Waals surface area contributed by atoms with Crippen LogP contribution in [0.2, 0.25) is 0 Å². The Balaban J connectivity index is 1.69. The fourth-order valence-corrected chi connectivity index (χ4v) is 4.15. The molecular weight excluding hydrogens is 308 g/mol. The van der Waals surface area contributed by atoms with Crippen LogP contribution in [-0.2, 0) is 10.0 Å². The van der Waals surface area contributed by atoms with Gasteiger partial charge in [-0.05, 0) is 12.1 Å². The zero-order valence-electron chi connectivity index (χ0n) is 12.0. The summed E-state index contributed by atoms with van der Waals surface area (Å²) in [5, 5.41) is 13.8. The number of sulfonamides is 1. The maximum atomic E-state index is 12.6. The lowest BCUT2D eigenvalue weighted by molar-refractivity contribution is -0.384. The smallest absolute Gasteiger partial charge is 0.269 e. The summed E-state index contributed by atoms with van der Waals surface area (Å²) in [6.45, 7) is 4.28. The highest BCUT2D eigenvalue weighted by molar-refractivity contribution is 7.89. The molecule has 0 bridgehead atoms. The molecule has 0 atom stereocenters. The average molecular weight is 326 g/mol. The molecule has 1 N–H and O–H groups in total. The van der Waals surface area contributed by atoms with Crippen LogP contribution in [0.25, 0.3) is 0 Å². The topological polar surface area (TPSA) is 95.8 Å². The van der Waals surface area contributed by atoms with Crippen molar-refractivity contribution in [1.82, 2.24) is 14.5 Å². The van der Waals surface area contributed by atoms with Crippen LogP contribution in [0, 0.1) is 10.1 Å². The van der Waals surface area contributed by atoms with Gasteiger partial charge in [-0.15, -0.1) is 0 Å². The zero-order valence-corrected chi connectivity index (χ0v) is 12.8. The SMILES string of the molecule is O=[N+]([O-])c1ccc(S(=O)(=O)N2CCN(C3CNC3)CC2)cc1. The van der Waals surface area contributed by atoms with Crippen LogP contribution in [0.3, 0.4) is 0 Å². The second-order valence-corrected chi connectivity index (χ2v) is 7.44. The van der Waals surface area contributed by atoms with Gasteiger partial charge in [-0.3, -0.25) is 15.0 Å². The average Bonchev–Trinajstić information content (AvgIpc) is 2.46. The quantitative estimate of drug-likeness (QED) is 0.612. The molecule has 1 aromatic rings. The van der Waals surface area contributed by atoms with E-state index in [1.54, 1.807) is 0 Å². The van der Waals surface area contributed by atoms with Crippen molar-refractivity contribution in [3.8, 4) is 0 Å². The van der Waals surface area contributed by atoms with Gasteiger partial charge < -0.3 is 5.32 Å². The van der Waals surface area contributed by atoms with E-state index in [-0.39, 0.29) is 10.6 Å². The largest absolute Gasteiger partial charge is 0.314 e. The number of nitro benzene ring substituents is 1. The molecular formula is C13H18N4O4S. The lowest BCUT2D eigenvalue weighted by atomic mass is 10.1. The molecule has 8 nitrogen and oxygen atoms in total. The van der Waals surface area contributed by atoms with Gasteiger partial charge in [0.15, 0.2) is 0 Å². The summed E-state index contributed by atoms with van der Waals surface area (Å²) in [6.07, 6.45) is 0. The molecule has 2 heterocycles. The Hall–Kier alpha value is -1.55. The Labute approximate surface area is 128 Å². The van der Waals surface area contributed by atoms with Gasteiger partial charge in [-0.25, -0.2) is 8.42 Å². The van der Waals surface area contributed by atoms with Crippen molar-refractivity contribution in [1.29, 1.82) is 0 Å². The van der Waals surface area contributed by atoms with E-state index in [0.29, 0.717) is 19.1 Å². The third kappa shape index (κ3) is 2.84. The summed E-state index contributed by atoms with van der Waals surface area (Å²) in [6, 6.07) is 5.57. The van der Waals surface area contributed by atoms with Gasteiger partial charge in [0.25, 0.3) is 5.69 Å². The molecule has 0 spiro atoms. The van der Waals surface area contributed by atoms with Crippen molar-refractivity contribution in [2.75, 3.05) is 39.3 Å². The first kappa shape index (κ1) is 15.3. The van der Waals surface area contributed by atoms with Crippen molar-refractivity contribution in [3.63, 3.8) is 0 Å². The number of hydrogen-bond donors (Lipinski definition) is 1. The van der Waals surface area contributed by atoms with E-state index in [9.17, 15) is 18.5 Å². The van der Waals surface area contributed by atoms with E-state index in [4.69, 9.17) is 0 Å². The van der Waals surface area contributed by atoms with Crippen molar-refractivity contribution in [2.24, 2.45) is 0 Å². The molecule has 2 aliphatic heterocycles. The molecule has 120 valence electrons. The monoisotopic (exact) mass is 326 g/mol. The van der Waals surface area contributed by atoms with Crippen molar-refractivity contribution >= 4 is 15.7 Å². The second kappa shape index (κ2) is 5.92. The minimum atomic E-state index is -3.57. The molecule has 0 unspecified atom stereocenters. The van der Waals surface area contributed by atoms with Crippen LogP contribution in [0.15, 0.2) is 29.2 Å². The van der Waals surface area contributed by atoms with Crippen LogP contribution in [-0.4, -0.2) is 67.9 Å². The van der Waals surface area contributed by atoms with Crippen molar-refractivity contribution < 1.29 is 13.3 Å². The molecule has 2 fully saturated rings. The molecule has 0 saturated carbocycles. The van der Waals surface area contributed by atoms with E-state index in [2.05, 4.69) is 10.2 Å². The van der Waals surface area contributed by atoms with E-state index < -0.39 is 14.9 Å². The number of non-ortho nitro benzene ring substituents is 1. The maximum Gasteiger partial charge on any atom is 0.269 e. The number of rotatable bonds is 4. The van der Waals surface area contributed by atoms with E-state index >= 15 is 0 Å². The summed E-state index contributed by atoms with van der Waals surface area (Å²) < 4.78 is 26.6. The number of piperazine rings is 1. The lowest BCUT2D eigenvalue weighted by Gasteiger charge is -2.42. The first-order valence-electron chi connectivity index (χ1n) is 7.18. The van der Waals surface area contributed by atoms with Crippen LogP contribution >= 0.6 is 0 Å². The van der Waals surface area contributed by atoms with Gasteiger partial charge in [0.1, 0.15) is 0 Å². The highest BCUT2D eigenvalue weighted by Gasteiger charge is 2.32. The summed E-state index contributed by atoms with van der Waals surface area (Å²) in [5.41, 5.74) is -0.110. The van der Waals surface area contributed by atoms with E-state index in [1.807, 2.05) is 0 Å². The highest BCUT2D eigenvalue weighted by Crippen LogP contribution is 2.21. The molecule has 9 heteroatoms. The summed E-state index contributed by atoms with van der Waals surface area (Å²) in [4.78, 5) is 12.5. The van der Waals surface area contributed by atoms with Crippen LogP contribution < -0.4 is 5.32 Å². The molecule has 0 aromatic heterocycles. The van der Waals surface area contributed by atoms with Crippen LogP contribution in [0.5, 0.6) is 0 Å². The Morgan fingerprint density at radius 3 is 2.14 bits per heavy atom. The number of nitrogens with zero attached hydrogens (tertiary/aromatic N) is 3. The molecule has 1 aromatic carbocycles. The van der Waals surface area contributed by atoms with Gasteiger partial charge in [0.2, 0.25) is 10.0 Å². The van der Waals surface area contributed by atoms with Crippen molar-refractivity contribution in [3.05, 3.63) is 34.4 Å². The predicted octanol–water partition coefficient (Wildman–Crippen LogP) is -0.127. The molecule has 2 aliphatic rings. The highest BCUT2D eigenvalue weighted by atomic mass is 32.2. The normalized spacial score (nSPS) is 21.5. The van der Waals surface area contributed by atoms with Gasteiger partial charge in [0, 0.05) is 57.4 Å². The fraction of sp³-hybridized carbons (Fsp3) is 0.538. The van der Waals surface area contributed by atoms with Crippen LogP contribution in [0.4, 0.5) is 5.69 Å². The lowest BCUT2D eigenvalue weighted by Crippen LogP contribution is -2.62. The molecule has 22 heavy (non-hydrogen) atoms. The Kier molecular flexibility index (Phi) is 4.13. The van der Waals surface area contributed by atoms with Gasteiger partial charge in [-0.2, -0.15) is 4.31 Å². The maximum absolute atomic E-state index is 12.6. The first-order valence-corrected chi connectivity index (χ1v) is 8.62. The molecule has 2 saturated heterocycles. The van der Waals surface area contributed by atoms with Crippen molar-refractivity contribution in [2.45, 2.75) is 10.9 Å². The van der Waals surface area contributed by atoms with E-state index in [0.717, 1.165) is 26.2 Å². The van der Waals surface area contributed by atoms with Gasteiger partial charge in [-0.1, -0.05) is 0 Å². The third-order valence-corrected chi connectivity index (χ3v) is 6.15. The zero-order chi connectivity index (χ0) is 15.7. The third-order valence-electron chi connectivity index (χ3n) is 4.23. The molecule has 3 rings (SSSR count). The summed E-state index contributed by atoms with van der Waals surface area (Å²) >= 11 is 0. The first-order chi connectivity index (χ1) is 10.5. The van der Waals surface area contributed by atoms with Gasteiger partial charge >= 0.3 is 0 Å². The predicted molar refractivity (Wildman–Crippen MR) is 80.1 cm³/mol. The molecule has 0 amide bonds. The standard InChI is InChI=1S/C13H18N4O4S/c18-17(19)11-1-3-13(4-2-11)22(20,21)16-7-5-15(6-8-16)12-9-14-10-12/h1-4,12,14H,5-10H2. The summed E-state index contributed by atoms with van der Waals surface area (Å²) in [5.74, 6) is 0. The van der Waals surface area contributed by atoms with Crippen LogP contribution in [0.1, 0.15) is 0 Å². The number of nitro groups is 1. The fourth-order valence-electron chi connectivity index (χ4n) is 2.73. The Bertz CT molecular complexity index is 649. The molecule has 0 radical (unpaired) electrons. The van der Waals surface area contributed by atoms with E-state index in [1.165, 1.54) is 28.6 Å². The second-order valence-electron chi connectivity index (χ2n) is 5.50. The number of benzene rings is 1.